The van der Waals surface area contributed by atoms with E-state index < -0.39 is 26.4 Å². The van der Waals surface area contributed by atoms with Gasteiger partial charge < -0.3 is 0 Å². The third-order valence-electron chi connectivity index (χ3n) is 4.01. The van der Waals surface area contributed by atoms with Crippen LogP contribution in [0.2, 0.25) is 0 Å². The molecule has 0 fully saturated rings. The van der Waals surface area contributed by atoms with E-state index in [4.69, 9.17) is 0 Å². The number of hydrogen-bond acceptors (Lipinski definition) is 2. The summed E-state index contributed by atoms with van der Waals surface area (Å²) in [4.78, 5) is -0.622. The fraction of sp³-hybridized carbons (Fsp3) is 0.158. The standard InChI is InChI=1S/C19H16F2O2S/c1-12-6-8-13(9-7-12)14-4-3-5-15(14)16-10-18(21)19(11-17(16)20)24(2,22)23/h4-11H,3H2,1-2H3. The quantitative estimate of drug-likeness (QED) is 0.817. The second-order valence-corrected chi connectivity index (χ2v) is 7.86. The van der Waals surface area contributed by atoms with Crippen LogP contribution in [-0.2, 0) is 9.84 Å². The van der Waals surface area contributed by atoms with E-state index in [2.05, 4.69) is 0 Å². The van der Waals surface area contributed by atoms with E-state index in [-0.39, 0.29) is 5.56 Å². The van der Waals surface area contributed by atoms with Crippen molar-refractivity contribution >= 4 is 21.0 Å². The van der Waals surface area contributed by atoms with Crippen LogP contribution in [0.25, 0.3) is 11.1 Å². The highest BCUT2D eigenvalue weighted by Crippen LogP contribution is 2.38. The van der Waals surface area contributed by atoms with Gasteiger partial charge in [0.05, 0.1) is 0 Å². The number of hydrogen-bond donors (Lipinski definition) is 0. The summed E-state index contributed by atoms with van der Waals surface area (Å²) < 4.78 is 51.7. The number of allylic oxidation sites excluding steroid dienone is 4. The van der Waals surface area contributed by atoms with Crippen LogP contribution in [0.3, 0.4) is 0 Å². The predicted octanol–water partition coefficient (Wildman–Crippen LogP) is 4.55. The number of halogens is 2. The van der Waals surface area contributed by atoms with Gasteiger partial charge in [0.1, 0.15) is 16.5 Å². The molecule has 1 aliphatic carbocycles. The summed E-state index contributed by atoms with van der Waals surface area (Å²) in [5, 5.41) is 0. The summed E-state index contributed by atoms with van der Waals surface area (Å²) in [6.45, 7) is 1.97. The SMILES string of the molecule is Cc1ccc(C2=CCC=C2c2cc(F)c(S(C)(=O)=O)cc2F)cc1. The Morgan fingerprint density at radius 1 is 0.917 bits per heavy atom. The average Bonchev–Trinajstić information content (AvgIpc) is 2.98. The molecule has 0 N–H and O–H groups in total. The summed E-state index contributed by atoms with van der Waals surface area (Å²) in [7, 11) is -3.82. The molecule has 1 aliphatic rings. The van der Waals surface area contributed by atoms with E-state index in [1.807, 2.05) is 43.3 Å². The van der Waals surface area contributed by atoms with Crippen molar-refractivity contribution in [2.45, 2.75) is 18.2 Å². The monoisotopic (exact) mass is 346 g/mol. The van der Waals surface area contributed by atoms with Crippen LogP contribution in [-0.4, -0.2) is 14.7 Å². The molecule has 0 atom stereocenters. The molecule has 0 bridgehead atoms. The Kier molecular flexibility index (Phi) is 4.13. The van der Waals surface area contributed by atoms with Gasteiger partial charge in [0, 0.05) is 11.8 Å². The van der Waals surface area contributed by atoms with Crippen molar-refractivity contribution in [2.75, 3.05) is 6.26 Å². The van der Waals surface area contributed by atoms with Crippen LogP contribution in [0, 0.1) is 18.6 Å². The maximum Gasteiger partial charge on any atom is 0.178 e. The Morgan fingerprint density at radius 2 is 1.54 bits per heavy atom. The van der Waals surface area contributed by atoms with Crippen molar-refractivity contribution in [1.82, 2.24) is 0 Å². The van der Waals surface area contributed by atoms with Crippen LogP contribution in [0.15, 0.2) is 53.4 Å². The number of benzene rings is 2. The van der Waals surface area contributed by atoms with Crippen LogP contribution < -0.4 is 0 Å². The van der Waals surface area contributed by atoms with Crippen molar-refractivity contribution < 1.29 is 17.2 Å². The van der Waals surface area contributed by atoms with Gasteiger partial charge in [-0.25, -0.2) is 17.2 Å². The summed E-state index contributed by atoms with van der Waals surface area (Å²) in [6.07, 6.45) is 5.24. The van der Waals surface area contributed by atoms with Crippen LogP contribution in [0.5, 0.6) is 0 Å². The van der Waals surface area contributed by atoms with Gasteiger partial charge in [-0.05, 0) is 42.2 Å². The van der Waals surface area contributed by atoms with Gasteiger partial charge in [0.2, 0.25) is 0 Å². The Balaban J connectivity index is 2.08. The lowest BCUT2D eigenvalue weighted by Crippen LogP contribution is -2.04. The van der Waals surface area contributed by atoms with Crippen LogP contribution in [0.4, 0.5) is 8.78 Å². The lowest BCUT2D eigenvalue weighted by atomic mass is 9.94. The topological polar surface area (TPSA) is 34.1 Å². The average molecular weight is 346 g/mol. The molecule has 0 unspecified atom stereocenters. The van der Waals surface area contributed by atoms with E-state index in [9.17, 15) is 17.2 Å². The first-order valence-corrected chi connectivity index (χ1v) is 9.33. The maximum atomic E-state index is 14.5. The highest BCUT2D eigenvalue weighted by molar-refractivity contribution is 7.90. The predicted molar refractivity (Wildman–Crippen MR) is 91.2 cm³/mol. The van der Waals surface area contributed by atoms with Crippen molar-refractivity contribution in [3.8, 4) is 0 Å². The van der Waals surface area contributed by atoms with E-state index in [1.165, 1.54) is 0 Å². The first-order valence-electron chi connectivity index (χ1n) is 7.44. The Labute approximate surface area is 140 Å². The molecule has 0 saturated heterocycles. The van der Waals surface area contributed by atoms with Gasteiger partial charge in [-0.2, -0.15) is 0 Å². The van der Waals surface area contributed by atoms with Crippen molar-refractivity contribution in [3.05, 3.63) is 76.9 Å². The van der Waals surface area contributed by atoms with Gasteiger partial charge >= 0.3 is 0 Å². The molecule has 0 spiro atoms. The van der Waals surface area contributed by atoms with Crippen molar-refractivity contribution in [1.29, 1.82) is 0 Å². The summed E-state index contributed by atoms with van der Waals surface area (Å²) in [5.41, 5.74) is 3.49. The van der Waals surface area contributed by atoms with E-state index in [0.29, 0.717) is 12.0 Å². The molecule has 2 aromatic rings. The molecule has 3 rings (SSSR count). The number of sulfone groups is 1. The van der Waals surface area contributed by atoms with E-state index in [1.54, 1.807) is 0 Å². The first-order chi connectivity index (χ1) is 11.3. The number of rotatable bonds is 3. The van der Waals surface area contributed by atoms with E-state index >= 15 is 0 Å². The highest BCUT2D eigenvalue weighted by Gasteiger charge is 2.22. The zero-order valence-corrected chi connectivity index (χ0v) is 14.1. The third-order valence-corrected chi connectivity index (χ3v) is 5.12. The number of aryl methyl sites for hydroxylation is 1. The first kappa shape index (κ1) is 16.6. The van der Waals surface area contributed by atoms with E-state index in [0.717, 1.165) is 35.1 Å². The van der Waals surface area contributed by atoms with Gasteiger partial charge in [0.25, 0.3) is 0 Å². The minimum Gasteiger partial charge on any atom is -0.224 e. The maximum absolute atomic E-state index is 14.5. The molecule has 2 nitrogen and oxygen atoms in total. The Bertz CT molecular complexity index is 969. The smallest absolute Gasteiger partial charge is 0.178 e. The summed E-state index contributed by atoms with van der Waals surface area (Å²) in [6, 6.07) is 9.49. The molecule has 124 valence electrons. The molecule has 0 radical (unpaired) electrons. The lowest BCUT2D eigenvalue weighted by Gasteiger charge is -2.12. The van der Waals surface area contributed by atoms with Crippen LogP contribution in [0.1, 0.15) is 23.1 Å². The molecule has 0 heterocycles. The fourth-order valence-corrected chi connectivity index (χ4v) is 3.53. The summed E-state index contributed by atoms with van der Waals surface area (Å²) >= 11 is 0. The van der Waals surface area contributed by atoms with Gasteiger partial charge in [-0.1, -0.05) is 42.0 Å². The Morgan fingerprint density at radius 3 is 2.17 bits per heavy atom. The zero-order chi connectivity index (χ0) is 17.5. The molecule has 0 saturated carbocycles. The minimum atomic E-state index is -3.82. The molecule has 0 amide bonds. The molecule has 0 aliphatic heterocycles. The molecule has 0 aromatic heterocycles. The third kappa shape index (κ3) is 3.04. The van der Waals surface area contributed by atoms with Crippen LogP contribution >= 0.6 is 0 Å². The molecular weight excluding hydrogens is 330 g/mol. The minimum absolute atomic E-state index is 0.0734. The molecule has 2 aromatic carbocycles. The molecular formula is C19H16F2O2S. The highest BCUT2D eigenvalue weighted by atomic mass is 32.2. The second kappa shape index (κ2) is 5.98. The lowest BCUT2D eigenvalue weighted by molar-refractivity contribution is 0.554. The zero-order valence-electron chi connectivity index (χ0n) is 13.3. The normalized spacial score (nSPS) is 14.5. The largest absolute Gasteiger partial charge is 0.224 e. The van der Waals surface area contributed by atoms with Crippen molar-refractivity contribution in [3.63, 3.8) is 0 Å². The van der Waals surface area contributed by atoms with Gasteiger partial charge in [-0.3, -0.25) is 0 Å². The Hall–Kier alpha value is -2.27. The van der Waals surface area contributed by atoms with Gasteiger partial charge in [-0.15, -0.1) is 0 Å². The second-order valence-electron chi connectivity index (χ2n) is 5.87. The van der Waals surface area contributed by atoms with Crippen molar-refractivity contribution in [2.24, 2.45) is 0 Å². The molecule has 5 heteroatoms. The molecule has 24 heavy (non-hydrogen) atoms. The summed E-state index contributed by atoms with van der Waals surface area (Å²) in [5.74, 6) is -1.69. The van der Waals surface area contributed by atoms with Gasteiger partial charge in [0.15, 0.2) is 9.84 Å². The fourth-order valence-electron chi connectivity index (χ4n) is 2.80.